The lowest BCUT2D eigenvalue weighted by Crippen LogP contribution is -2.50. The minimum Gasteiger partial charge on any atom is -0.354 e. The Balaban J connectivity index is 2.13. The van der Waals surface area contributed by atoms with Crippen molar-refractivity contribution >= 4 is 27.5 Å². The number of nitrogens with one attached hydrogen (secondary N) is 1. The van der Waals surface area contributed by atoms with Crippen LogP contribution in [0.4, 0.5) is 10.1 Å². The first-order valence-corrected chi connectivity index (χ1v) is 13.9. The van der Waals surface area contributed by atoms with Crippen LogP contribution in [-0.2, 0) is 26.0 Å². The van der Waals surface area contributed by atoms with Gasteiger partial charge in [0.15, 0.2) is 0 Å². The molecule has 0 bridgehead atoms. The van der Waals surface area contributed by atoms with Crippen molar-refractivity contribution in [2.24, 2.45) is 0 Å². The summed E-state index contributed by atoms with van der Waals surface area (Å²) in [7, 11) is -3.62. The summed E-state index contributed by atoms with van der Waals surface area (Å²) in [6, 6.07) is 14.3. The molecule has 0 unspecified atom stereocenters. The van der Waals surface area contributed by atoms with Crippen molar-refractivity contribution in [3.05, 3.63) is 66.0 Å². The van der Waals surface area contributed by atoms with E-state index in [2.05, 4.69) is 5.32 Å². The van der Waals surface area contributed by atoms with Gasteiger partial charge in [0.05, 0.1) is 11.9 Å². The van der Waals surface area contributed by atoms with E-state index in [1.165, 1.54) is 28.6 Å². The van der Waals surface area contributed by atoms with Crippen molar-refractivity contribution in [1.82, 2.24) is 10.2 Å². The molecule has 192 valence electrons. The zero-order chi connectivity index (χ0) is 25.8. The quantitative estimate of drug-likeness (QED) is 0.424. The number of nitrogens with zero attached hydrogens (tertiary/aromatic N) is 2. The molecule has 0 aliphatic rings. The summed E-state index contributed by atoms with van der Waals surface area (Å²) >= 11 is 0. The summed E-state index contributed by atoms with van der Waals surface area (Å²) < 4.78 is 39.1. The van der Waals surface area contributed by atoms with E-state index >= 15 is 0 Å². The fraction of sp³-hybridized carbons (Fsp3) is 0.462. The lowest BCUT2D eigenvalue weighted by atomic mass is 10.1. The molecular weight excluding hydrogens is 469 g/mol. The lowest BCUT2D eigenvalue weighted by molar-refractivity contribution is -0.140. The van der Waals surface area contributed by atoms with Crippen molar-refractivity contribution < 1.29 is 22.4 Å². The predicted molar refractivity (Wildman–Crippen MR) is 137 cm³/mol. The molecule has 0 heterocycles. The van der Waals surface area contributed by atoms with Crippen LogP contribution in [0, 0.1) is 5.82 Å². The van der Waals surface area contributed by atoms with Crippen LogP contribution >= 0.6 is 0 Å². The van der Waals surface area contributed by atoms with Gasteiger partial charge in [-0.05, 0) is 55.5 Å². The first-order valence-electron chi connectivity index (χ1n) is 12.0. The third-order valence-electron chi connectivity index (χ3n) is 5.69. The Bertz CT molecular complexity index is 1050. The van der Waals surface area contributed by atoms with E-state index in [-0.39, 0.29) is 31.2 Å². The number of sulfonamides is 1. The number of halogens is 1. The topological polar surface area (TPSA) is 86.8 Å². The highest BCUT2D eigenvalue weighted by Crippen LogP contribution is 2.19. The van der Waals surface area contributed by atoms with E-state index in [0.717, 1.165) is 18.2 Å². The molecule has 2 aromatic carbocycles. The van der Waals surface area contributed by atoms with E-state index in [0.29, 0.717) is 31.6 Å². The van der Waals surface area contributed by atoms with E-state index < -0.39 is 21.9 Å². The van der Waals surface area contributed by atoms with Gasteiger partial charge in [0, 0.05) is 26.1 Å². The maximum atomic E-state index is 13.3. The first kappa shape index (κ1) is 28.3. The number of benzene rings is 2. The van der Waals surface area contributed by atoms with Gasteiger partial charge < -0.3 is 10.2 Å². The largest absolute Gasteiger partial charge is 0.354 e. The van der Waals surface area contributed by atoms with E-state index in [1.54, 1.807) is 4.90 Å². The number of carbonyl (C=O) groups excluding carboxylic acids is 2. The van der Waals surface area contributed by atoms with Crippen LogP contribution in [0.1, 0.15) is 45.1 Å². The van der Waals surface area contributed by atoms with Gasteiger partial charge in [-0.1, -0.05) is 44.2 Å². The molecule has 7 nitrogen and oxygen atoms in total. The van der Waals surface area contributed by atoms with Gasteiger partial charge in [0.25, 0.3) is 0 Å². The molecule has 1 atom stereocenters. The van der Waals surface area contributed by atoms with Gasteiger partial charge in [0.1, 0.15) is 11.9 Å². The minimum absolute atomic E-state index is 0.0710. The van der Waals surface area contributed by atoms with E-state index in [1.807, 2.05) is 44.2 Å². The lowest BCUT2D eigenvalue weighted by Gasteiger charge is -2.31. The Labute approximate surface area is 208 Å². The second-order valence-electron chi connectivity index (χ2n) is 8.45. The summed E-state index contributed by atoms with van der Waals surface area (Å²) in [6.45, 7) is 4.83. The number of amides is 2. The SMILES string of the molecule is CCCNC(=O)[C@H](CC)N(CCc1ccccc1)C(=O)CCCN(c1ccc(F)cc1)S(C)(=O)=O. The summed E-state index contributed by atoms with van der Waals surface area (Å²) in [5, 5.41) is 2.89. The smallest absolute Gasteiger partial charge is 0.242 e. The Morgan fingerprint density at radius 3 is 2.23 bits per heavy atom. The molecule has 2 aromatic rings. The Morgan fingerprint density at radius 1 is 1.00 bits per heavy atom. The summed E-state index contributed by atoms with van der Waals surface area (Å²) in [5.74, 6) is -0.842. The second kappa shape index (κ2) is 13.8. The molecule has 35 heavy (non-hydrogen) atoms. The number of rotatable bonds is 14. The molecule has 0 saturated heterocycles. The third kappa shape index (κ3) is 8.98. The third-order valence-corrected chi connectivity index (χ3v) is 6.88. The van der Waals surface area contributed by atoms with E-state index in [4.69, 9.17) is 0 Å². The van der Waals surface area contributed by atoms with Crippen molar-refractivity contribution in [2.75, 3.05) is 30.2 Å². The first-order chi connectivity index (χ1) is 16.7. The molecule has 0 fully saturated rings. The van der Waals surface area contributed by atoms with Crippen LogP contribution in [0.2, 0.25) is 0 Å². The van der Waals surface area contributed by atoms with Crippen LogP contribution in [0.25, 0.3) is 0 Å². The molecule has 0 aromatic heterocycles. The standard InChI is InChI=1S/C26H36FN3O4S/c1-4-18-28-26(32)24(5-2)29(20-17-21-10-7-6-8-11-21)25(31)12-9-19-30(35(3,33)34)23-15-13-22(27)14-16-23/h6-8,10-11,13-16,24H,4-5,9,12,17-20H2,1-3H3,(H,28,32)/t24-/m0/s1. The summed E-state index contributed by atoms with van der Waals surface area (Å²) in [4.78, 5) is 27.7. The zero-order valence-electron chi connectivity index (χ0n) is 20.7. The van der Waals surface area contributed by atoms with Gasteiger partial charge in [-0.15, -0.1) is 0 Å². The molecule has 1 N–H and O–H groups in total. The summed E-state index contributed by atoms with van der Waals surface area (Å²) in [6.07, 6.45) is 3.30. The monoisotopic (exact) mass is 505 g/mol. The van der Waals surface area contributed by atoms with Gasteiger partial charge in [-0.3, -0.25) is 13.9 Å². The average molecular weight is 506 g/mol. The molecule has 0 saturated carbocycles. The Hall–Kier alpha value is -2.94. The highest BCUT2D eigenvalue weighted by Gasteiger charge is 2.28. The van der Waals surface area contributed by atoms with Crippen LogP contribution < -0.4 is 9.62 Å². The molecule has 0 aliphatic heterocycles. The zero-order valence-corrected chi connectivity index (χ0v) is 21.6. The fourth-order valence-electron chi connectivity index (χ4n) is 3.87. The number of hydrogen-bond donors (Lipinski definition) is 1. The maximum Gasteiger partial charge on any atom is 0.242 e. The molecule has 2 amide bonds. The van der Waals surface area contributed by atoms with E-state index in [9.17, 15) is 22.4 Å². The molecule has 0 aliphatic carbocycles. The molecule has 0 spiro atoms. The molecule has 9 heteroatoms. The van der Waals surface area contributed by atoms with Crippen LogP contribution in [-0.4, -0.2) is 57.1 Å². The van der Waals surface area contributed by atoms with Gasteiger partial charge in [-0.2, -0.15) is 0 Å². The normalized spacial score (nSPS) is 12.1. The van der Waals surface area contributed by atoms with Crippen LogP contribution in [0.3, 0.4) is 0 Å². The molecular formula is C26H36FN3O4S. The fourth-order valence-corrected chi connectivity index (χ4v) is 4.84. The van der Waals surface area contributed by atoms with Crippen molar-refractivity contribution in [3.8, 4) is 0 Å². The number of carbonyl (C=O) groups is 2. The van der Waals surface area contributed by atoms with Crippen LogP contribution in [0.5, 0.6) is 0 Å². The van der Waals surface area contributed by atoms with Gasteiger partial charge in [-0.25, -0.2) is 12.8 Å². The predicted octanol–water partition coefficient (Wildman–Crippen LogP) is 3.75. The average Bonchev–Trinajstić information content (AvgIpc) is 2.83. The van der Waals surface area contributed by atoms with Crippen molar-refractivity contribution in [2.45, 2.75) is 52.0 Å². The maximum absolute atomic E-state index is 13.3. The summed E-state index contributed by atoms with van der Waals surface area (Å²) in [5.41, 5.74) is 1.40. The van der Waals surface area contributed by atoms with Crippen molar-refractivity contribution in [3.63, 3.8) is 0 Å². The Morgan fingerprint density at radius 2 is 1.66 bits per heavy atom. The second-order valence-corrected chi connectivity index (χ2v) is 10.4. The molecule has 0 radical (unpaired) electrons. The van der Waals surface area contributed by atoms with Gasteiger partial charge in [0.2, 0.25) is 21.8 Å². The van der Waals surface area contributed by atoms with Crippen molar-refractivity contribution in [1.29, 1.82) is 0 Å². The van der Waals surface area contributed by atoms with Crippen LogP contribution in [0.15, 0.2) is 54.6 Å². The highest BCUT2D eigenvalue weighted by molar-refractivity contribution is 7.92. The highest BCUT2D eigenvalue weighted by atomic mass is 32.2. The Kier molecular flexibility index (Phi) is 11.2. The minimum atomic E-state index is -3.62. The molecule has 2 rings (SSSR count). The number of hydrogen-bond acceptors (Lipinski definition) is 4. The number of anilines is 1. The van der Waals surface area contributed by atoms with Gasteiger partial charge >= 0.3 is 0 Å².